The van der Waals surface area contributed by atoms with E-state index < -0.39 is 0 Å². The van der Waals surface area contributed by atoms with Crippen LogP contribution in [0, 0.1) is 0 Å². The zero-order valence-electron chi connectivity index (χ0n) is 9.96. The van der Waals surface area contributed by atoms with E-state index in [-0.39, 0.29) is 0 Å². The molecule has 0 atom stereocenters. The molecule has 3 heteroatoms. The van der Waals surface area contributed by atoms with Gasteiger partial charge >= 0.3 is 0 Å². The second kappa shape index (κ2) is 9.44. The molecule has 0 aliphatic heterocycles. The van der Waals surface area contributed by atoms with Gasteiger partial charge in [0, 0.05) is 6.54 Å². The third-order valence-electron chi connectivity index (χ3n) is 2.17. The van der Waals surface area contributed by atoms with Crippen LogP contribution in [0.25, 0.3) is 0 Å². The maximum atomic E-state index is 5.48. The number of ether oxygens (including phenoxy) is 1. The molecule has 0 saturated carbocycles. The number of hydrogen-bond donors (Lipinski definition) is 1. The Bertz CT molecular complexity index is 118. The van der Waals surface area contributed by atoms with Crippen LogP contribution >= 0.6 is 0 Å². The van der Waals surface area contributed by atoms with Crippen molar-refractivity contribution in [1.29, 1.82) is 0 Å². The zero-order valence-corrected chi connectivity index (χ0v) is 9.96. The minimum atomic E-state index is 0.348. The second-order valence-corrected chi connectivity index (χ2v) is 4.07. The van der Waals surface area contributed by atoms with Crippen LogP contribution < -0.4 is 5.73 Å². The van der Waals surface area contributed by atoms with Gasteiger partial charge in [-0.15, -0.1) is 0 Å². The Balaban J connectivity index is 3.15. The quantitative estimate of drug-likeness (QED) is 0.575. The van der Waals surface area contributed by atoms with E-state index in [4.69, 9.17) is 10.5 Å². The molecular weight excluding hydrogens is 176 g/mol. The molecule has 0 bridgehead atoms. The van der Waals surface area contributed by atoms with Crippen molar-refractivity contribution in [3.63, 3.8) is 0 Å². The Labute approximate surface area is 88.6 Å². The molecule has 0 amide bonds. The standard InChI is InChI=1S/C11H26N2O/c1-11(2)14-10-9-13(3)8-6-4-5-7-12/h11H,4-10,12H2,1-3H3. The maximum absolute atomic E-state index is 5.48. The highest BCUT2D eigenvalue weighted by Gasteiger charge is 1.99. The fraction of sp³-hybridized carbons (Fsp3) is 1.00. The SMILES string of the molecule is CC(C)OCCN(C)CCCCCN. The molecule has 0 fully saturated rings. The van der Waals surface area contributed by atoms with Crippen molar-refractivity contribution in [3.05, 3.63) is 0 Å². The Morgan fingerprint density at radius 1 is 1.14 bits per heavy atom. The van der Waals surface area contributed by atoms with Gasteiger partial charge in [0.05, 0.1) is 12.7 Å². The van der Waals surface area contributed by atoms with Gasteiger partial charge in [0.15, 0.2) is 0 Å². The summed E-state index contributed by atoms with van der Waals surface area (Å²) in [6.07, 6.45) is 3.98. The average molecular weight is 202 g/mol. The van der Waals surface area contributed by atoms with Crippen LogP contribution in [0.5, 0.6) is 0 Å². The first kappa shape index (κ1) is 13.9. The van der Waals surface area contributed by atoms with Crippen molar-refractivity contribution in [3.8, 4) is 0 Å². The minimum Gasteiger partial charge on any atom is -0.377 e. The molecule has 14 heavy (non-hydrogen) atoms. The topological polar surface area (TPSA) is 38.5 Å². The summed E-state index contributed by atoms with van der Waals surface area (Å²) in [7, 11) is 2.14. The summed E-state index contributed by atoms with van der Waals surface area (Å²) >= 11 is 0. The first-order chi connectivity index (χ1) is 6.66. The molecule has 0 aromatic rings. The lowest BCUT2D eigenvalue weighted by Gasteiger charge is -2.17. The van der Waals surface area contributed by atoms with Crippen LogP contribution in [-0.4, -0.2) is 44.3 Å². The number of hydrogen-bond acceptors (Lipinski definition) is 3. The second-order valence-electron chi connectivity index (χ2n) is 4.07. The van der Waals surface area contributed by atoms with Gasteiger partial charge in [0.2, 0.25) is 0 Å². The Morgan fingerprint density at radius 3 is 2.43 bits per heavy atom. The highest BCUT2D eigenvalue weighted by molar-refractivity contribution is 4.52. The van der Waals surface area contributed by atoms with E-state index in [1.807, 2.05) is 0 Å². The summed E-state index contributed by atoms with van der Waals surface area (Å²) < 4.78 is 5.48. The van der Waals surface area contributed by atoms with E-state index in [1.165, 1.54) is 12.8 Å². The van der Waals surface area contributed by atoms with E-state index >= 15 is 0 Å². The lowest BCUT2D eigenvalue weighted by Crippen LogP contribution is -2.25. The van der Waals surface area contributed by atoms with Gasteiger partial charge in [-0.05, 0) is 46.8 Å². The molecule has 86 valence electrons. The van der Waals surface area contributed by atoms with E-state index in [2.05, 4.69) is 25.8 Å². The minimum absolute atomic E-state index is 0.348. The van der Waals surface area contributed by atoms with Gasteiger partial charge in [-0.25, -0.2) is 0 Å². The summed E-state index contributed by atoms with van der Waals surface area (Å²) in [5.41, 5.74) is 5.43. The van der Waals surface area contributed by atoms with Crippen LogP contribution in [0.2, 0.25) is 0 Å². The molecule has 0 aromatic carbocycles. The van der Waals surface area contributed by atoms with Gasteiger partial charge in [-0.1, -0.05) is 6.42 Å². The molecule has 0 aliphatic rings. The third kappa shape index (κ3) is 9.96. The van der Waals surface area contributed by atoms with Crippen LogP contribution in [-0.2, 0) is 4.74 Å². The summed E-state index contributed by atoms with van der Waals surface area (Å²) in [4.78, 5) is 2.32. The third-order valence-corrected chi connectivity index (χ3v) is 2.17. The molecule has 0 rings (SSSR count). The van der Waals surface area contributed by atoms with E-state index in [0.717, 1.165) is 32.7 Å². The van der Waals surface area contributed by atoms with Gasteiger partial charge in [-0.2, -0.15) is 0 Å². The highest BCUT2D eigenvalue weighted by Crippen LogP contribution is 1.96. The zero-order chi connectivity index (χ0) is 10.8. The lowest BCUT2D eigenvalue weighted by atomic mass is 10.2. The molecule has 0 saturated heterocycles. The van der Waals surface area contributed by atoms with Crippen molar-refractivity contribution in [2.45, 2.75) is 39.2 Å². The Morgan fingerprint density at radius 2 is 1.86 bits per heavy atom. The first-order valence-corrected chi connectivity index (χ1v) is 5.67. The smallest absolute Gasteiger partial charge is 0.0596 e. The molecule has 0 unspecified atom stereocenters. The number of nitrogens with two attached hydrogens (primary N) is 1. The monoisotopic (exact) mass is 202 g/mol. The lowest BCUT2D eigenvalue weighted by molar-refractivity contribution is 0.0636. The van der Waals surface area contributed by atoms with Crippen molar-refractivity contribution in [2.24, 2.45) is 5.73 Å². The predicted molar refractivity (Wildman–Crippen MR) is 61.5 cm³/mol. The van der Waals surface area contributed by atoms with Gasteiger partial charge in [0.1, 0.15) is 0 Å². The summed E-state index contributed by atoms with van der Waals surface area (Å²) in [5, 5.41) is 0. The molecule has 0 heterocycles. The Kier molecular flexibility index (Phi) is 9.35. The van der Waals surface area contributed by atoms with Crippen molar-refractivity contribution < 1.29 is 4.74 Å². The van der Waals surface area contributed by atoms with Crippen LogP contribution in [0.3, 0.4) is 0 Å². The van der Waals surface area contributed by atoms with Gasteiger partial charge in [0.25, 0.3) is 0 Å². The van der Waals surface area contributed by atoms with Crippen molar-refractivity contribution in [2.75, 3.05) is 33.3 Å². The van der Waals surface area contributed by atoms with Crippen molar-refractivity contribution >= 4 is 0 Å². The summed E-state index contributed by atoms with van der Waals surface area (Å²) in [6.45, 7) is 7.98. The van der Waals surface area contributed by atoms with E-state index in [0.29, 0.717) is 6.10 Å². The van der Waals surface area contributed by atoms with Gasteiger partial charge < -0.3 is 15.4 Å². The molecule has 0 radical (unpaired) electrons. The number of nitrogens with zero attached hydrogens (tertiary/aromatic N) is 1. The van der Waals surface area contributed by atoms with Crippen molar-refractivity contribution in [1.82, 2.24) is 4.90 Å². The number of rotatable bonds is 9. The molecular formula is C11H26N2O. The summed E-state index contributed by atoms with van der Waals surface area (Å²) in [5.74, 6) is 0. The van der Waals surface area contributed by atoms with Crippen LogP contribution in [0.4, 0.5) is 0 Å². The number of unbranched alkanes of at least 4 members (excludes halogenated alkanes) is 2. The largest absolute Gasteiger partial charge is 0.377 e. The normalized spacial score (nSPS) is 11.6. The Hall–Kier alpha value is -0.120. The highest BCUT2D eigenvalue weighted by atomic mass is 16.5. The fourth-order valence-corrected chi connectivity index (χ4v) is 1.26. The average Bonchev–Trinajstić information content (AvgIpc) is 2.12. The molecule has 0 spiro atoms. The number of likely N-dealkylation sites (N-methyl/N-ethyl adjacent to an activating group) is 1. The van der Waals surface area contributed by atoms with Crippen LogP contribution in [0.15, 0.2) is 0 Å². The molecule has 3 nitrogen and oxygen atoms in total. The molecule has 0 aliphatic carbocycles. The maximum Gasteiger partial charge on any atom is 0.0596 e. The van der Waals surface area contributed by atoms with Crippen LogP contribution in [0.1, 0.15) is 33.1 Å². The molecule has 2 N–H and O–H groups in total. The predicted octanol–water partition coefficient (Wildman–Crippen LogP) is 1.47. The first-order valence-electron chi connectivity index (χ1n) is 5.67. The van der Waals surface area contributed by atoms with E-state index in [1.54, 1.807) is 0 Å². The fourth-order valence-electron chi connectivity index (χ4n) is 1.26. The summed E-state index contributed by atoms with van der Waals surface area (Å²) in [6, 6.07) is 0. The van der Waals surface area contributed by atoms with Gasteiger partial charge in [-0.3, -0.25) is 0 Å². The molecule has 0 aromatic heterocycles. The van der Waals surface area contributed by atoms with E-state index in [9.17, 15) is 0 Å².